The number of carbonyl (C=O) groups excluding carboxylic acids is 3. The summed E-state index contributed by atoms with van der Waals surface area (Å²) in [5.41, 5.74) is 0.982. The van der Waals surface area contributed by atoms with Gasteiger partial charge in [-0.1, -0.05) is 30.3 Å². The van der Waals surface area contributed by atoms with Crippen molar-refractivity contribution in [2.24, 2.45) is 4.99 Å². The molecule has 0 N–H and O–H groups in total. The summed E-state index contributed by atoms with van der Waals surface area (Å²) in [6.45, 7) is 2.16. The number of hydrogen-bond acceptors (Lipinski definition) is 5. The number of benzene rings is 1. The van der Waals surface area contributed by atoms with Gasteiger partial charge in [0, 0.05) is 14.1 Å². The second-order valence-electron chi connectivity index (χ2n) is 6.57. The summed E-state index contributed by atoms with van der Waals surface area (Å²) in [5.74, 6) is 0.0590. The molecule has 0 spiro atoms. The molecule has 0 aliphatic carbocycles. The number of rotatable bonds is 2. The molecule has 0 aromatic heterocycles. The maximum Gasteiger partial charge on any atom is 0.328 e. The molecule has 3 atom stereocenters. The van der Waals surface area contributed by atoms with Crippen molar-refractivity contribution >= 4 is 23.8 Å². The molecule has 8 nitrogen and oxygen atoms in total. The van der Waals surface area contributed by atoms with Crippen LogP contribution in [0.2, 0.25) is 0 Å². The van der Waals surface area contributed by atoms with E-state index in [0.29, 0.717) is 12.5 Å². The van der Waals surface area contributed by atoms with Gasteiger partial charge in [0.1, 0.15) is 6.04 Å². The fourth-order valence-corrected chi connectivity index (χ4v) is 3.69. The maximum atomic E-state index is 12.7. The molecule has 8 heteroatoms. The molecule has 4 amide bonds. The van der Waals surface area contributed by atoms with Crippen LogP contribution in [0, 0.1) is 0 Å². The Balaban J connectivity index is 1.71. The highest BCUT2D eigenvalue weighted by Gasteiger charge is 2.58. The average molecular weight is 341 g/mol. The number of aliphatic imine (C=N–C) groups is 1. The predicted octanol–water partition coefficient (Wildman–Crippen LogP) is 0.307. The van der Waals surface area contributed by atoms with Gasteiger partial charge in [-0.05, 0) is 12.5 Å². The summed E-state index contributed by atoms with van der Waals surface area (Å²) in [6, 6.07) is 8.11. The highest BCUT2D eigenvalue weighted by atomic mass is 16.2. The third kappa shape index (κ3) is 2.06. The Morgan fingerprint density at radius 3 is 2.40 bits per heavy atom. The van der Waals surface area contributed by atoms with E-state index in [2.05, 4.69) is 4.99 Å². The van der Waals surface area contributed by atoms with Crippen LogP contribution < -0.4 is 0 Å². The van der Waals surface area contributed by atoms with Crippen LogP contribution in [0.5, 0.6) is 0 Å². The lowest BCUT2D eigenvalue weighted by Crippen LogP contribution is -2.64. The van der Waals surface area contributed by atoms with Gasteiger partial charge in [0.25, 0.3) is 11.8 Å². The van der Waals surface area contributed by atoms with Gasteiger partial charge < -0.3 is 9.80 Å². The summed E-state index contributed by atoms with van der Waals surface area (Å²) < 4.78 is 0. The van der Waals surface area contributed by atoms with E-state index < -0.39 is 18.2 Å². The first kappa shape index (κ1) is 15.6. The Kier molecular flexibility index (Phi) is 3.31. The molecule has 2 fully saturated rings. The molecule has 4 rings (SSSR count). The lowest BCUT2D eigenvalue weighted by molar-refractivity contribution is -0.137. The fourth-order valence-electron chi connectivity index (χ4n) is 3.69. The molecule has 1 aromatic carbocycles. The lowest BCUT2D eigenvalue weighted by Gasteiger charge is -2.39. The van der Waals surface area contributed by atoms with Crippen LogP contribution in [0.25, 0.3) is 0 Å². The van der Waals surface area contributed by atoms with Crippen LogP contribution in [0.3, 0.4) is 0 Å². The van der Waals surface area contributed by atoms with E-state index >= 15 is 0 Å². The van der Waals surface area contributed by atoms with Crippen molar-refractivity contribution < 1.29 is 14.4 Å². The average Bonchev–Trinajstić information content (AvgIpc) is 3.11. The zero-order chi connectivity index (χ0) is 17.9. The van der Waals surface area contributed by atoms with E-state index in [4.69, 9.17) is 0 Å². The quantitative estimate of drug-likeness (QED) is 0.776. The van der Waals surface area contributed by atoms with Gasteiger partial charge in [-0.15, -0.1) is 0 Å². The van der Waals surface area contributed by atoms with Crippen LogP contribution in [-0.2, 0) is 16.1 Å². The van der Waals surface area contributed by atoms with Crippen LogP contribution in [0.1, 0.15) is 12.5 Å². The van der Waals surface area contributed by atoms with Crippen molar-refractivity contribution in [3.05, 3.63) is 35.9 Å². The highest BCUT2D eigenvalue weighted by Crippen LogP contribution is 2.34. The predicted molar refractivity (Wildman–Crippen MR) is 89.2 cm³/mol. The van der Waals surface area contributed by atoms with E-state index in [-0.39, 0.29) is 17.8 Å². The molecule has 3 unspecified atom stereocenters. The SMILES string of the molecule is CC1C(=O)N(Cc2ccccc2)C2=NC3C(C(=O)N(C)C(=O)N3C)N21. The minimum absolute atomic E-state index is 0.0870. The molecule has 3 heterocycles. The van der Waals surface area contributed by atoms with Gasteiger partial charge in [0.2, 0.25) is 5.96 Å². The number of imide groups is 1. The number of hydrogen-bond donors (Lipinski definition) is 0. The molecule has 130 valence electrons. The third-order valence-corrected chi connectivity index (χ3v) is 5.10. The fraction of sp³-hybridized carbons (Fsp3) is 0.412. The lowest BCUT2D eigenvalue weighted by atomic mass is 10.1. The molecule has 0 radical (unpaired) electrons. The number of fused-ring (bicyclic) bond motifs is 3. The maximum absolute atomic E-state index is 12.7. The molecule has 1 aromatic rings. The molecule has 0 saturated carbocycles. The van der Waals surface area contributed by atoms with E-state index in [1.54, 1.807) is 23.8 Å². The van der Waals surface area contributed by atoms with Gasteiger partial charge in [0.05, 0.1) is 6.54 Å². The number of urea groups is 1. The molecular weight excluding hydrogens is 322 g/mol. The molecule has 3 aliphatic rings. The smallest absolute Gasteiger partial charge is 0.315 e. The summed E-state index contributed by atoms with van der Waals surface area (Å²) in [6.07, 6.45) is -0.597. The number of amides is 4. The molecule has 0 bridgehead atoms. The Morgan fingerprint density at radius 1 is 1.04 bits per heavy atom. The van der Waals surface area contributed by atoms with Gasteiger partial charge >= 0.3 is 6.03 Å². The molecular formula is C17H19N5O3. The Labute approximate surface area is 145 Å². The van der Waals surface area contributed by atoms with Crippen molar-refractivity contribution in [2.45, 2.75) is 31.7 Å². The van der Waals surface area contributed by atoms with Crippen LogP contribution in [0.15, 0.2) is 35.3 Å². The molecule has 2 saturated heterocycles. The monoisotopic (exact) mass is 341 g/mol. The van der Waals surface area contributed by atoms with E-state index in [1.807, 2.05) is 30.3 Å². The van der Waals surface area contributed by atoms with E-state index in [9.17, 15) is 14.4 Å². The molecule has 25 heavy (non-hydrogen) atoms. The van der Waals surface area contributed by atoms with Crippen molar-refractivity contribution in [3.63, 3.8) is 0 Å². The topological polar surface area (TPSA) is 76.5 Å². The summed E-state index contributed by atoms with van der Waals surface area (Å²) in [4.78, 5) is 48.0. The van der Waals surface area contributed by atoms with Crippen LogP contribution >= 0.6 is 0 Å². The van der Waals surface area contributed by atoms with Gasteiger partial charge in [0.15, 0.2) is 12.2 Å². The zero-order valence-electron chi connectivity index (χ0n) is 14.3. The number of nitrogens with zero attached hydrogens (tertiary/aromatic N) is 5. The summed E-state index contributed by atoms with van der Waals surface area (Å²) in [5, 5.41) is 0. The van der Waals surface area contributed by atoms with Crippen LogP contribution in [-0.4, -0.2) is 75.7 Å². The second-order valence-corrected chi connectivity index (χ2v) is 6.57. The zero-order valence-corrected chi connectivity index (χ0v) is 14.3. The van der Waals surface area contributed by atoms with Crippen molar-refractivity contribution in [1.29, 1.82) is 0 Å². The molecule has 3 aliphatic heterocycles. The Hall–Kier alpha value is -2.90. The minimum Gasteiger partial charge on any atom is -0.315 e. The first-order chi connectivity index (χ1) is 11.9. The Bertz CT molecular complexity index is 793. The van der Waals surface area contributed by atoms with E-state index in [1.165, 1.54) is 11.9 Å². The number of carbonyl (C=O) groups is 3. The van der Waals surface area contributed by atoms with Gasteiger partial charge in [-0.3, -0.25) is 19.4 Å². The normalized spacial score (nSPS) is 28.5. The standard InChI is InChI=1S/C17H19N5O3/c1-10-14(23)21(9-11-7-5-4-6-8-11)16-18-13-12(22(10)16)15(24)20(3)17(25)19(13)2/h4-8,10,12-13H,9H2,1-3H3. The summed E-state index contributed by atoms with van der Waals surface area (Å²) in [7, 11) is 3.09. The number of likely N-dealkylation sites (N-methyl/N-ethyl adjacent to an activating group) is 2. The number of guanidine groups is 1. The van der Waals surface area contributed by atoms with Crippen LogP contribution in [0.4, 0.5) is 4.79 Å². The van der Waals surface area contributed by atoms with Gasteiger partial charge in [-0.2, -0.15) is 0 Å². The van der Waals surface area contributed by atoms with Crippen molar-refractivity contribution in [2.75, 3.05) is 14.1 Å². The minimum atomic E-state index is -0.651. The second kappa shape index (κ2) is 5.30. The highest BCUT2D eigenvalue weighted by molar-refractivity contribution is 6.11. The Morgan fingerprint density at radius 2 is 1.72 bits per heavy atom. The first-order valence-electron chi connectivity index (χ1n) is 8.17. The summed E-state index contributed by atoms with van der Waals surface area (Å²) >= 11 is 0. The van der Waals surface area contributed by atoms with Gasteiger partial charge in [-0.25, -0.2) is 9.79 Å². The van der Waals surface area contributed by atoms with Crippen molar-refractivity contribution in [3.8, 4) is 0 Å². The van der Waals surface area contributed by atoms with Crippen molar-refractivity contribution in [1.82, 2.24) is 19.6 Å². The van der Waals surface area contributed by atoms with E-state index in [0.717, 1.165) is 10.5 Å². The first-order valence-corrected chi connectivity index (χ1v) is 8.17. The third-order valence-electron chi connectivity index (χ3n) is 5.10. The largest absolute Gasteiger partial charge is 0.328 e.